The number of methoxy groups -OCH3 is 1. The lowest BCUT2D eigenvalue weighted by atomic mass is 10.2. The molecule has 1 aromatic carbocycles. The molecule has 0 aromatic heterocycles. The van der Waals surface area contributed by atoms with Crippen molar-refractivity contribution in [2.24, 2.45) is 0 Å². The molecule has 3 heteroatoms. The zero-order valence-corrected chi connectivity index (χ0v) is 8.46. The molecule has 1 rings (SSSR count). The van der Waals surface area contributed by atoms with E-state index in [9.17, 15) is 0 Å². The Morgan fingerprint density at radius 1 is 1.55 bits per heavy atom. The third kappa shape index (κ3) is 2.67. The van der Waals surface area contributed by atoms with Crippen molar-refractivity contribution in [3.05, 3.63) is 29.8 Å². The maximum atomic E-state index is 5.07. The van der Waals surface area contributed by atoms with Crippen LogP contribution in [0.3, 0.4) is 0 Å². The van der Waals surface area contributed by atoms with Crippen LogP contribution in [0.4, 0.5) is 0 Å². The van der Waals surface area contributed by atoms with Gasteiger partial charge in [-0.2, -0.15) is 0 Å². The molecule has 0 bridgehead atoms. The summed E-state index contributed by atoms with van der Waals surface area (Å²) < 4.78 is 8.12. The van der Waals surface area contributed by atoms with Crippen LogP contribution in [0.2, 0.25) is 0 Å². The Morgan fingerprint density at radius 3 is 3.00 bits per heavy atom. The number of hydrogen-bond acceptors (Lipinski definition) is 2. The molecule has 0 unspecified atom stereocenters. The summed E-state index contributed by atoms with van der Waals surface area (Å²) in [6.07, 6.45) is 0. The van der Waals surface area contributed by atoms with Crippen molar-refractivity contribution in [2.75, 3.05) is 7.11 Å². The average Bonchev–Trinajstić information content (AvgIpc) is 2.06. The minimum Gasteiger partial charge on any atom is -0.497 e. The van der Waals surface area contributed by atoms with E-state index in [1.54, 1.807) is 7.11 Å². The van der Waals surface area contributed by atoms with Gasteiger partial charge in [0.05, 0.1) is 7.11 Å². The van der Waals surface area contributed by atoms with Gasteiger partial charge >= 0.3 is 0 Å². The van der Waals surface area contributed by atoms with E-state index in [0.29, 0.717) is 0 Å². The smallest absolute Gasteiger partial charge is 0.119 e. The van der Waals surface area contributed by atoms with Gasteiger partial charge < -0.3 is 4.74 Å². The predicted molar refractivity (Wildman–Crippen MR) is 53.9 cm³/mol. The Labute approximate surface area is 80.4 Å². The summed E-state index contributed by atoms with van der Waals surface area (Å²) in [5, 5.41) is 0. The van der Waals surface area contributed by atoms with E-state index >= 15 is 0 Å². The molecular weight excluding hydrogens is 253 g/mol. The molecule has 0 aliphatic rings. The van der Waals surface area contributed by atoms with E-state index in [2.05, 4.69) is 32.5 Å². The maximum Gasteiger partial charge on any atom is 0.119 e. The Balaban J connectivity index is 2.74. The van der Waals surface area contributed by atoms with Crippen LogP contribution < -0.4 is 8.27 Å². The van der Waals surface area contributed by atoms with Crippen LogP contribution in [0, 0.1) is 0 Å². The van der Waals surface area contributed by atoms with Crippen molar-refractivity contribution in [2.45, 2.75) is 6.54 Å². The highest BCUT2D eigenvalue weighted by atomic mass is 127. The van der Waals surface area contributed by atoms with E-state index < -0.39 is 0 Å². The molecule has 0 saturated heterocycles. The molecule has 0 atom stereocenters. The minimum atomic E-state index is 0.873. The van der Waals surface area contributed by atoms with Crippen LogP contribution >= 0.6 is 22.9 Å². The lowest BCUT2D eigenvalue weighted by Gasteiger charge is -2.01. The van der Waals surface area contributed by atoms with Gasteiger partial charge in [-0.05, 0) is 17.7 Å². The van der Waals surface area contributed by atoms with Crippen molar-refractivity contribution in [1.29, 1.82) is 0 Å². The second kappa shape index (κ2) is 4.56. The fraction of sp³-hybridized carbons (Fsp3) is 0.250. The molecule has 0 radical (unpaired) electrons. The van der Waals surface area contributed by atoms with Crippen LogP contribution in [0.5, 0.6) is 5.75 Å². The number of nitrogens with one attached hydrogen (secondary N) is 1. The molecule has 1 N–H and O–H groups in total. The first-order valence-corrected chi connectivity index (χ1v) is 4.41. The van der Waals surface area contributed by atoms with Gasteiger partial charge in [0, 0.05) is 29.4 Å². The van der Waals surface area contributed by atoms with Crippen LogP contribution in [0.15, 0.2) is 24.3 Å². The summed E-state index contributed by atoms with van der Waals surface area (Å²) >= 11 is 2.12. The van der Waals surface area contributed by atoms with Crippen molar-refractivity contribution in [1.82, 2.24) is 3.53 Å². The first-order chi connectivity index (χ1) is 5.36. The second-order valence-corrected chi connectivity index (χ2v) is 2.92. The summed E-state index contributed by atoms with van der Waals surface area (Å²) in [6.45, 7) is 0.873. The Kier molecular flexibility index (Phi) is 3.65. The summed E-state index contributed by atoms with van der Waals surface area (Å²) in [7, 11) is 1.68. The average molecular weight is 263 g/mol. The van der Waals surface area contributed by atoms with Gasteiger partial charge in [0.25, 0.3) is 0 Å². The summed E-state index contributed by atoms with van der Waals surface area (Å²) in [5.41, 5.74) is 1.23. The van der Waals surface area contributed by atoms with E-state index in [4.69, 9.17) is 4.74 Å². The molecule has 2 nitrogen and oxygen atoms in total. The number of rotatable bonds is 3. The predicted octanol–water partition coefficient (Wildman–Crippen LogP) is 2.13. The van der Waals surface area contributed by atoms with Gasteiger partial charge in [0.2, 0.25) is 0 Å². The molecule has 0 heterocycles. The highest BCUT2D eigenvalue weighted by Crippen LogP contribution is 2.12. The van der Waals surface area contributed by atoms with Gasteiger partial charge in [0.1, 0.15) is 5.75 Å². The van der Waals surface area contributed by atoms with Crippen LogP contribution in [-0.4, -0.2) is 7.11 Å². The Morgan fingerprint density at radius 2 is 2.36 bits per heavy atom. The zero-order chi connectivity index (χ0) is 8.10. The van der Waals surface area contributed by atoms with Crippen molar-refractivity contribution >= 4 is 22.9 Å². The van der Waals surface area contributed by atoms with Gasteiger partial charge in [-0.15, -0.1) is 0 Å². The molecule has 0 spiro atoms. The summed E-state index contributed by atoms with van der Waals surface area (Å²) in [5.74, 6) is 0.911. The number of benzene rings is 1. The Hall–Kier alpha value is -0.290. The third-order valence-corrected chi connectivity index (χ3v) is 1.79. The fourth-order valence-electron chi connectivity index (χ4n) is 0.860. The molecule has 11 heavy (non-hydrogen) atoms. The zero-order valence-electron chi connectivity index (χ0n) is 6.30. The highest BCUT2D eigenvalue weighted by molar-refractivity contribution is 14.1. The minimum absolute atomic E-state index is 0.873. The van der Waals surface area contributed by atoms with Crippen LogP contribution in [0.25, 0.3) is 0 Å². The van der Waals surface area contributed by atoms with E-state index in [1.807, 2.05) is 18.2 Å². The molecule has 1 aromatic rings. The van der Waals surface area contributed by atoms with Crippen molar-refractivity contribution < 1.29 is 4.74 Å². The van der Waals surface area contributed by atoms with Gasteiger partial charge in [0.15, 0.2) is 0 Å². The maximum absolute atomic E-state index is 5.07. The van der Waals surface area contributed by atoms with Crippen LogP contribution in [-0.2, 0) is 6.54 Å². The van der Waals surface area contributed by atoms with E-state index in [-0.39, 0.29) is 0 Å². The SMILES string of the molecule is COc1cccc(CNI)c1. The van der Waals surface area contributed by atoms with Gasteiger partial charge in [-0.3, -0.25) is 3.53 Å². The first-order valence-electron chi connectivity index (χ1n) is 3.33. The van der Waals surface area contributed by atoms with Gasteiger partial charge in [-0.25, -0.2) is 0 Å². The molecule has 0 aliphatic heterocycles. The molecule has 0 aliphatic carbocycles. The number of halogens is 1. The van der Waals surface area contributed by atoms with E-state index in [0.717, 1.165) is 12.3 Å². The highest BCUT2D eigenvalue weighted by Gasteiger charge is 1.92. The third-order valence-electron chi connectivity index (χ3n) is 1.41. The number of hydrogen-bond donors (Lipinski definition) is 1. The number of ether oxygens (including phenoxy) is 1. The van der Waals surface area contributed by atoms with Crippen LogP contribution in [0.1, 0.15) is 5.56 Å². The van der Waals surface area contributed by atoms with Gasteiger partial charge in [-0.1, -0.05) is 12.1 Å². The lowest BCUT2D eigenvalue weighted by Crippen LogP contribution is -1.97. The lowest BCUT2D eigenvalue weighted by molar-refractivity contribution is 0.414. The molecule has 0 fully saturated rings. The molecule has 0 saturated carbocycles. The Bertz CT molecular complexity index is 227. The normalized spacial score (nSPS) is 9.64. The second-order valence-electron chi connectivity index (χ2n) is 2.16. The topological polar surface area (TPSA) is 21.3 Å². The standard InChI is InChI=1S/C8H10INO/c1-11-8-4-2-3-7(5-8)6-10-9/h2-5,10H,6H2,1H3. The fourth-order valence-corrected chi connectivity index (χ4v) is 1.30. The van der Waals surface area contributed by atoms with E-state index in [1.165, 1.54) is 5.56 Å². The molecule has 60 valence electrons. The summed E-state index contributed by atoms with van der Waals surface area (Å²) in [6, 6.07) is 8.01. The summed E-state index contributed by atoms with van der Waals surface area (Å²) in [4.78, 5) is 0. The molecular formula is C8H10INO. The monoisotopic (exact) mass is 263 g/mol. The van der Waals surface area contributed by atoms with Crippen molar-refractivity contribution in [3.63, 3.8) is 0 Å². The largest absolute Gasteiger partial charge is 0.497 e. The molecule has 0 amide bonds. The quantitative estimate of drug-likeness (QED) is 0.666. The first kappa shape index (κ1) is 8.80. The van der Waals surface area contributed by atoms with Crippen molar-refractivity contribution in [3.8, 4) is 5.75 Å².